The van der Waals surface area contributed by atoms with Crippen LogP contribution in [0.3, 0.4) is 0 Å². The molecule has 160 valence electrons. The maximum Gasteiger partial charge on any atom is 0.264 e. The van der Waals surface area contributed by atoms with Gasteiger partial charge in [0.2, 0.25) is 10.0 Å². The van der Waals surface area contributed by atoms with Crippen molar-refractivity contribution in [2.75, 3.05) is 18.4 Å². The first kappa shape index (κ1) is 20.8. The number of H-pyrrole nitrogens is 1. The van der Waals surface area contributed by atoms with Crippen LogP contribution in [0.5, 0.6) is 0 Å². The molecule has 0 aliphatic carbocycles. The third-order valence-corrected chi connectivity index (χ3v) is 7.00. The number of aromatic nitrogens is 4. The van der Waals surface area contributed by atoms with Crippen LogP contribution in [0.25, 0.3) is 16.7 Å². The number of aromatic amines is 1. The van der Waals surface area contributed by atoms with Gasteiger partial charge in [-0.2, -0.15) is 4.31 Å². The largest absolute Gasteiger partial charge is 0.338 e. The van der Waals surface area contributed by atoms with Crippen molar-refractivity contribution in [1.82, 2.24) is 24.1 Å². The predicted molar refractivity (Wildman–Crippen MR) is 119 cm³/mol. The zero-order chi connectivity index (χ0) is 22.0. The molecule has 31 heavy (non-hydrogen) atoms. The Morgan fingerprint density at radius 3 is 2.35 bits per heavy atom. The molecule has 0 saturated heterocycles. The third-order valence-electron chi connectivity index (χ3n) is 4.93. The van der Waals surface area contributed by atoms with Crippen LogP contribution in [0.15, 0.2) is 70.6 Å². The molecule has 10 heteroatoms. The fraction of sp³-hybridized carbons (Fsp3) is 0.190. The molecule has 4 rings (SSSR count). The molecule has 0 aliphatic rings. The van der Waals surface area contributed by atoms with Crippen LogP contribution in [-0.2, 0) is 10.0 Å². The van der Waals surface area contributed by atoms with Crippen LogP contribution in [0, 0.1) is 0 Å². The fourth-order valence-corrected chi connectivity index (χ4v) is 4.82. The van der Waals surface area contributed by atoms with E-state index in [0.717, 1.165) is 5.69 Å². The number of hydrogen-bond donors (Lipinski definition) is 2. The van der Waals surface area contributed by atoms with Gasteiger partial charge in [0.1, 0.15) is 5.39 Å². The van der Waals surface area contributed by atoms with Crippen molar-refractivity contribution in [2.24, 2.45) is 0 Å². The lowest BCUT2D eigenvalue weighted by atomic mass is 10.3. The van der Waals surface area contributed by atoms with Gasteiger partial charge in [0.15, 0.2) is 11.5 Å². The van der Waals surface area contributed by atoms with Gasteiger partial charge >= 0.3 is 0 Å². The van der Waals surface area contributed by atoms with E-state index in [0.29, 0.717) is 35.6 Å². The Morgan fingerprint density at radius 2 is 1.71 bits per heavy atom. The van der Waals surface area contributed by atoms with E-state index in [2.05, 4.69) is 20.4 Å². The zero-order valence-electron chi connectivity index (χ0n) is 17.1. The highest BCUT2D eigenvalue weighted by Crippen LogP contribution is 2.25. The van der Waals surface area contributed by atoms with E-state index >= 15 is 0 Å². The molecule has 4 aromatic rings. The van der Waals surface area contributed by atoms with Gasteiger partial charge in [-0.1, -0.05) is 32.0 Å². The van der Waals surface area contributed by atoms with Gasteiger partial charge in [-0.25, -0.2) is 18.1 Å². The SMILES string of the molecule is CCN(CC)S(=O)(=O)c1ccc(Nc2nn(-c3ccccc3)c3nc[nH]c(=O)c23)cc1. The molecule has 9 nitrogen and oxygen atoms in total. The van der Waals surface area contributed by atoms with E-state index in [1.807, 2.05) is 30.3 Å². The van der Waals surface area contributed by atoms with Gasteiger partial charge in [0.25, 0.3) is 5.56 Å². The van der Waals surface area contributed by atoms with Crippen molar-refractivity contribution in [1.29, 1.82) is 0 Å². The topological polar surface area (TPSA) is 113 Å². The van der Waals surface area contributed by atoms with E-state index in [1.165, 1.54) is 22.8 Å². The first-order valence-electron chi connectivity index (χ1n) is 9.84. The monoisotopic (exact) mass is 438 g/mol. The lowest BCUT2D eigenvalue weighted by Gasteiger charge is -2.18. The number of nitrogens with zero attached hydrogens (tertiary/aromatic N) is 4. The summed E-state index contributed by atoms with van der Waals surface area (Å²) in [5.74, 6) is 0.326. The van der Waals surface area contributed by atoms with Crippen LogP contribution in [0.1, 0.15) is 13.8 Å². The second-order valence-corrected chi connectivity index (χ2v) is 8.70. The molecule has 0 fully saturated rings. The highest BCUT2D eigenvalue weighted by Gasteiger charge is 2.21. The number of para-hydroxylation sites is 1. The molecular formula is C21H22N6O3S. The van der Waals surface area contributed by atoms with Crippen molar-refractivity contribution in [2.45, 2.75) is 18.7 Å². The summed E-state index contributed by atoms with van der Waals surface area (Å²) in [4.78, 5) is 19.6. The highest BCUT2D eigenvalue weighted by atomic mass is 32.2. The third kappa shape index (κ3) is 3.82. The molecule has 0 saturated carbocycles. The maximum atomic E-state index is 12.7. The van der Waals surface area contributed by atoms with Crippen molar-refractivity contribution >= 4 is 32.6 Å². The molecule has 2 aromatic carbocycles. The Bertz CT molecular complexity index is 1360. The van der Waals surface area contributed by atoms with Crippen LogP contribution < -0.4 is 10.9 Å². The molecule has 0 radical (unpaired) electrons. The molecule has 2 heterocycles. The maximum absolute atomic E-state index is 12.7. The number of benzene rings is 2. The standard InChI is InChI=1S/C21H22N6O3S/c1-3-26(4-2)31(29,30)17-12-10-15(11-13-17)24-19-18-20(22-14-23-21(18)28)27(25-19)16-8-6-5-7-9-16/h5-14H,3-4H2,1-2H3,(H,24,25)(H,22,23,28). The van der Waals surface area contributed by atoms with Gasteiger partial charge < -0.3 is 10.3 Å². The Kier molecular flexibility index (Phi) is 5.57. The van der Waals surface area contributed by atoms with Gasteiger partial charge in [0, 0.05) is 18.8 Å². The first-order valence-corrected chi connectivity index (χ1v) is 11.3. The summed E-state index contributed by atoms with van der Waals surface area (Å²) >= 11 is 0. The Morgan fingerprint density at radius 1 is 1.03 bits per heavy atom. The van der Waals surface area contributed by atoms with Crippen LogP contribution in [0.2, 0.25) is 0 Å². The molecule has 0 unspecified atom stereocenters. The lowest BCUT2D eigenvalue weighted by molar-refractivity contribution is 0.445. The molecule has 0 bridgehead atoms. The summed E-state index contributed by atoms with van der Waals surface area (Å²) in [6, 6.07) is 15.7. The minimum atomic E-state index is -3.54. The molecular weight excluding hydrogens is 416 g/mol. The molecule has 2 aromatic heterocycles. The van der Waals surface area contributed by atoms with E-state index in [-0.39, 0.29) is 10.5 Å². The van der Waals surface area contributed by atoms with Crippen molar-refractivity contribution in [3.63, 3.8) is 0 Å². The number of fused-ring (bicyclic) bond motifs is 1. The molecule has 2 N–H and O–H groups in total. The number of anilines is 2. The summed E-state index contributed by atoms with van der Waals surface area (Å²) in [5.41, 5.74) is 1.45. The Hall–Kier alpha value is -3.50. The van der Waals surface area contributed by atoms with Crippen LogP contribution in [-0.4, -0.2) is 45.6 Å². The van der Waals surface area contributed by atoms with E-state index in [4.69, 9.17) is 0 Å². The van der Waals surface area contributed by atoms with Crippen molar-refractivity contribution < 1.29 is 8.42 Å². The highest BCUT2D eigenvalue weighted by molar-refractivity contribution is 7.89. The van der Waals surface area contributed by atoms with E-state index < -0.39 is 10.0 Å². The first-order chi connectivity index (χ1) is 15.0. The molecule has 0 amide bonds. The van der Waals surface area contributed by atoms with Crippen molar-refractivity contribution in [3.05, 3.63) is 71.3 Å². The Labute approximate surface area is 179 Å². The second kappa shape index (κ2) is 8.32. The normalized spacial score (nSPS) is 11.8. The number of rotatable bonds is 7. The number of hydrogen-bond acceptors (Lipinski definition) is 6. The molecule has 0 spiro atoms. The van der Waals surface area contributed by atoms with Crippen molar-refractivity contribution in [3.8, 4) is 5.69 Å². The second-order valence-electron chi connectivity index (χ2n) is 6.76. The van der Waals surface area contributed by atoms with E-state index in [1.54, 1.807) is 30.7 Å². The van der Waals surface area contributed by atoms with Gasteiger partial charge in [-0.3, -0.25) is 4.79 Å². The van der Waals surface area contributed by atoms with Gasteiger partial charge in [-0.15, -0.1) is 5.10 Å². The molecule has 0 atom stereocenters. The fourth-order valence-electron chi connectivity index (χ4n) is 3.36. The number of nitrogens with one attached hydrogen (secondary N) is 2. The molecule has 0 aliphatic heterocycles. The lowest BCUT2D eigenvalue weighted by Crippen LogP contribution is -2.30. The minimum absolute atomic E-state index is 0.209. The predicted octanol–water partition coefficient (Wildman–Crippen LogP) is 2.88. The van der Waals surface area contributed by atoms with Gasteiger partial charge in [0.05, 0.1) is 16.9 Å². The minimum Gasteiger partial charge on any atom is -0.338 e. The zero-order valence-corrected chi connectivity index (χ0v) is 17.9. The average Bonchev–Trinajstić information content (AvgIpc) is 3.15. The summed E-state index contributed by atoms with van der Waals surface area (Å²) in [7, 11) is -3.54. The van der Waals surface area contributed by atoms with Crippen LogP contribution >= 0.6 is 0 Å². The summed E-state index contributed by atoms with van der Waals surface area (Å²) < 4.78 is 28.3. The van der Waals surface area contributed by atoms with Crippen LogP contribution in [0.4, 0.5) is 11.5 Å². The summed E-state index contributed by atoms with van der Waals surface area (Å²) in [5, 5.41) is 7.96. The number of sulfonamides is 1. The Balaban J connectivity index is 1.72. The van der Waals surface area contributed by atoms with Gasteiger partial charge in [-0.05, 0) is 36.4 Å². The quantitative estimate of drug-likeness (QED) is 0.459. The smallest absolute Gasteiger partial charge is 0.264 e. The summed E-state index contributed by atoms with van der Waals surface area (Å²) in [6.07, 6.45) is 1.34. The average molecular weight is 439 g/mol. The van der Waals surface area contributed by atoms with E-state index in [9.17, 15) is 13.2 Å². The summed E-state index contributed by atoms with van der Waals surface area (Å²) in [6.45, 7) is 4.41.